The highest BCUT2D eigenvalue weighted by molar-refractivity contribution is 6.35. The molecule has 1 N–H and O–H groups in total. The molecule has 1 amide bonds. The van der Waals surface area contributed by atoms with Gasteiger partial charge in [-0.15, -0.1) is 0 Å². The van der Waals surface area contributed by atoms with E-state index >= 15 is 0 Å². The zero-order chi connectivity index (χ0) is 17.8. The van der Waals surface area contributed by atoms with Gasteiger partial charge in [0.15, 0.2) is 0 Å². The molecule has 5 rings (SSSR count). The average Bonchev–Trinajstić information content (AvgIpc) is 3.42. The third kappa shape index (κ3) is 2.50. The van der Waals surface area contributed by atoms with Gasteiger partial charge in [0.05, 0.1) is 21.8 Å². The van der Waals surface area contributed by atoms with Gasteiger partial charge in [0, 0.05) is 48.3 Å². The number of benzene rings is 1. The van der Waals surface area contributed by atoms with Crippen molar-refractivity contribution < 1.29 is 4.79 Å². The molecule has 1 aromatic carbocycles. The molecule has 2 aliphatic rings. The zero-order valence-corrected chi connectivity index (χ0v) is 15.3. The number of H-pyrrole nitrogens is 1. The number of nitrogens with zero attached hydrogens (tertiary/aromatic N) is 3. The van der Waals surface area contributed by atoms with E-state index in [1.807, 2.05) is 24.0 Å². The standard InChI is InChI=1S/C20H19ClN4O/c1-11-14(9-22-19(23-11)12-5-6-12)20(26)25-8-7-17-15(10-25)13-3-2-4-16(21)18(13)24-17/h2-4,9,12,24H,5-8,10H2,1H3. The van der Waals surface area contributed by atoms with Crippen LogP contribution in [0.2, 0.25) is 5.02 Å². The molecule has 3 aromatic rings. The Morgan fingerprint density at radius 2 is 2.19 bits per heavy atom. The third-order valence-corrected chi connectivity index (χ3v) is 5.73. The molecule has 5 nitrogen and oxygen atoms in total. The molecule has 1 saturated carbocycles. The van der Waals surface area contributed by atoms with Crippen molar-refractivity contribution in [3.63, 3.8) is 0 Å². The molecule has 26 heavy (non-hydrogen) atoms. The monoisotopic (exact) mass is 366 g/mol. The second kappa shape index (κ2) is 5.81. The Labute approximate surface area is 156 Å². The second-order valence-electron chi connectivity index (χ2n) is 7.22. The number of aromatic nitrogens is 3. The maximum absolute atomic E-state index is 13.1. The topological polar surface area (TPSA) is 61.9 Å². The molecule has 1 aliphatic heterocycles. The smallest absolute Gasteiger partial charge is 0.257 e. The van der Waals surface area contributed by atoms with Crippen LogP contribution < -0.4 is 0 Å². The van der Waals surface area contributed by atoms with Crippen molar-refractivity contribution in [2.75, 3.05) is 6.54 Å². The second-order valence-corrected chi connectivity index (χ2v) is 7.63. The van der Waals surface area contributed by atoms with E-state index in [4.69, 9.17) is 11.6 Å². The van der Waals surface area contributed by atoms with Crippen LogP contribution in [0.25, 0.3) is 10.9 Å². The van der Waals surface area contributed by atoms with Gasteiger partial charge in [-0.1, -0.05) is 23.7 Å². The van der Waals surface area contributed by atoms with Crippen molar-refractivity contribution in [2.45, 2.75) is 38.6 Å². The number of para-hydroxylation sites is 1. The minimum absolute atomic E-state index is 0.00637. The SMILES string of the molecule is Cc1nc(C2CC2)ncc1C(=O)N1CCc2[nH]c3c(Cl)cccc3c2C1. The Hall–Kier alpha value is -2.40. The summed E-state index contributed by atoms with van der Waals surface area (Å²) in [5.74, 6) is 1.38. The van der Waals surface area contributed by atoms with Crippen LogP contribution >= 0.6 is 11.6 Å². The number of halogens is 1. The van der Waals surface area contributed by atoms with E-state index in [0.29, 0.717) is 24.6 Å². The van der Waals surface area contributed by atoms with Crippen molar-refractivity contribution in [1.82, 2.24) is 19.9 Å². The van der Waals surface area contributed by atoms with E-state index in [1.165, 1.54) is 5.69 Å². The Bertz CT molecular complexity index is 1040. The molecule has 0 radical (unpaired) electrons. The fraction of sp³-hybridized carbons (Fsp3) is 0.350. The lowest BCUT2D eigenvalue weighted by molar-refractivity contribution is 0.0733. The predicted molar refractivity (Wildman–Crippen MR) is 100 cm³/mol. The average molecular weight is 367 g/mol. The first-order chi connectivity index (χ1) is 12.6. The number of nitrogens with one attached hydrogen (secondary N) is 1. The summed E-state index contributed by atoms with van der Waals surface area (Å²) in [6.07, 6.45) is 4.82. The molecular weight excluding hydrogens is 348 g/mol. The summed E-state index contributed by atoms with van der Waals surface area (Å²) in [4.78, 5) is 27.4. The number of rotatable bonds is 2. The van der Waals surface area contributed by atoms with Crippen molar-refractivity contribution in [1.29, 1.82) is 0 Å². The number of fused-ring (bicyclic) bond motifs is 3. The van der Waals surface area contributed by atoms with E-state index in [-0.39, 0.29) is 5.91 Å². The van der Waals surface area contributed by atoms with Gasteiger partial charge in [-0.3, -0.25) is 4.79 Å². The molecule has 0 unspecified atom stereocenters. The fourth-order valence-corrected chi connectivity index (χ4v) is 4.00. The summed E-state index contributed by atoms with van der Waals surface area (Å²) in [5.41, 5.74) is 4.68. The number of aromatic amines is 1. The molecule has 0 spiro atoms. The molecular formula is C20H19ClN4O. The normalized spacial score (nSPS) is 16.8. The van der Waals surface area contributed by atoms with Gasteiger partial charge < -0.3 is 9.88 Å². The van der Waals surface area contributed by atoms with Gasteiger partial charge in [0.2, 0.25) is 0 Å². The van der Waals surface area contributed by atoms with E-state index in [9.17, 15) is 4.79 Å². The Morgan fingerprint density at radius 1 is 1.35 bits per heavy atom. The molecule has 132 valence electrons. The third-order valence-electron chi connectivity index (χ3n) is 5.42. The van der Waals surface area contributed by atoms with Crippen LogP contribution in [0.5, 0.6) is 0 Å². The van der Waals surface area contributed by atoms with Gasteiger partial charge in [0.25, 0.3) is 5.91 Å². The molecule has 0 bridgehead atoms. The lowest BCUT2D eigenvalue weighted by Crippen LogP contribution is -2.36. The first kappa shape index (κ1) is 15.8. The van der Waals surface area contributed by atoms with Crippen LogP contribution in [0.3, 0.4) is 0 Å². The number of carbonyl (C=O) groups is 1. The van der Waals surface area contributed by atoms with Crippen molar-refractivity contribution in [2.24, 2.45) is 0 Å². The van der Waals surface area contributed by atoms with Gasteiger partial charge in [-0.05, 0) is 25.8 Å². The molecule has 1 aliphatic carbocycles. The molecule has 1 fully saturated rings. The highest BCUT2D eigenvalue weighted by atomic mass is 35.5. The molecule has 2 aromatic heterocycles. The minimum atomic E-state index is 0.00637. The van der Waals surface area contributed by atoms with Gasteiger partial charge in [-0.2, -0.15) is 0 Å². The maximum Gasteiger partial charge on any atom is 0.257 e. The van der Waals surface area contributed by atoms with Gasteiger partial charge in [-0.25, -0.2) is 9.97 Å². The Kier molecular flexibility index (Phi) is 3.54. The van der Waals surface area contributed by atoms with Gasteiger partial charge >= 0.3 is 0 Å². The number of amides is 1. The summed E-state index contributed by atoms with van der Waals surface area (Å²) in [6.45, 7) is 3.17. The summed E-state index contributed by atoms with van der Waals surface area (Å²) in [7, 11) is 0. The molecule has 0 atom stereocenters. The van der Waals surface area contributed by atoms with Crippen LogP contribution in [0.1, 0.15) is 51.9 Å². The Morgan fingerprint density at radius 3 is 2.96 bits per heavy atom. The number of hydrogen-bond donors (Lipinski definition) is 1. The molecule has 3 heterocycles. The first-order valence-corrected chi connectivity index (χ1v) is 9.40. The maximum atomic E-state index is 13.1. The first-order valence-electron chi connectivity index (χ1n) is 9.02. The van der Waals surface area contributed by atoms with E-state index in [0.717, 1.165) is 52.3 Å². The largest absolute Gasteiger partial charge is 0.357 e. The number of carbonyl (C=O) groups excluding carboxylic acids is 1. The highest BCUT2D eigenvalue weighted by Crippen LogP contribution is 2.38. The minimum Gasteiger partial charge on any atom is -0.357 e. The van der Waals surface area contributed by atoms with Crippen molar-refractivity contribution >= 4 is 28.4 Å². The van der Waals surface area contributed by atoms with E-state index in [2.05, 4.69) is 21.0 Å². The lowest BCUT2D eigenvalue weighted by atomic mass is 10.0. The van der Waals surface area contributed by atoms with Crippen molar-refractivity contribution in [3.8, 4) is 0 Å². The van der Waals surface area contributed by atoms with Crippen LogP contribution in [0, 0.1) is 6.92 Å². The lowest BCUT2D eigenvalue weighted by Gasteiger charge is -2.27. The zero-order valence-electron chi connectivity index (χ0n) is 14.6. The highest BCUT2D eigenvalue weighted by Gasteiger charge is 2.29. The number of hydrogen-bond acceptors (Lipinski definition) is 3. The molecule has 0 saturated heterocycles. The summed E-state index contributed by atoms with van der Waals surface area (Å²) >= 11 is 6.31. The summed E-state index contributed by atoms with van der Waals surface area (Å²) in [5, 5.41) is 1.82. The van der Waals surface area contributed by atoms with E-state index in [1.54, 1.807) is 6.20 Å². The van der Waals surface area contributed by atoms with Crippen LogP contribution in [0.15, 0.2) is 24.4 Å². The molecule has 6 heteroatoms. The Balaban J connectivity index is 1.46. The quantitative estimate of drug-likeness (QED) is 0.745. The predicted octanol–water partition coefficient (Wildman–Crippen LogP) is 4.00. The van der Waals surface area contributed by atoms with Crippen LogP contribution in [-0.2, 0) is 13.0 Å². The summed E-state index contributed by atoms with van der Waals surface area (Å²) < 4.78 is 0. The van der Waals surface area contributed by atoms with Gasteiger partial charge in [0.1, 0.15) is 5.82 Å². The van der Waals surface area contributed by atoms with Crippen LogP contribution in [-0.4, -0.2) is 32.3 Å². The van der Waals surface area contributed by atoms with Crippen molar-refractivity contribution in [3.05, 3.63) is 57.8 Å². The van der Waals surface area contributed by atoms with E-state index < -0.39 is 0 Å². The fourth-order valence-electron chi connectivity index (χ4n) is 3.78. The number of aryl methyl sites for hydroxylation is 1. The van der Waals surface area contributed by atoms with Crippen LogP contribution in [0.4, 0.5) is 0 Å². The summed E-state index contributed by atoms with van der Waals surface area (Å²) in [6, 6.07) is 5.90.